The Hall–Kier alpha value is -5.86. The van der Waals surface area contributed by atoms with Gasteiger partial charge in [0.1, 0.15) is 11.2 Å². The highest BCUT2D eigenvalue weighted by Crippen LogP contribution is 2.54. The molecule has 238 valence electrons. The Morgan fingerprint density at radius 3 is 2.00 bits per heavy atom. The quantitative estimate of drug-likeness (QED) is 0.184. The molecule has 0 amide bonds. The summed E-state index contributed by atoms with van der Waals surface area (Å²) in [6.07, 6.45) is 0. The topological polar surface area (TPSA) is 18.1 Å². The zero-order valence-corrected chi connectivity index (χ0v) is 28.6. The number of aromatic nitrogens is 1. The Morgan fingerprint density at radius 1 is 0.440 bits per heavy atom. The monoisotopic (exact) mass is 641 g/mol. The third-order valence-corrected chi connectivity index (χ3v) is 12.0. The number of rotatable bonds is 2. The van der Waals surface area contributed by atoms with Crippen LogP contribution in [0.5, 0.6) is 0 Å². The fourth-order valence-corrected chi connectivity index (χ4v) is 9.45. The third-order valence-electron chi connectivity index (χ3n) is 12.0. The molecule has 0 aliphatic heterocycles. The van der Waals surface area contributed by atoms with E-state index < -0.39 is 0 Å². The van der Waals surface area contributed by atoms with Crippen LogP contribution in [0, 0.1) is 0 Å². The summed E-state index contributed by atoms with van der Waals surface area (Å²) >= 11 is 0. The van der Waals surface area contributed by atoms with Crippen LogP contribution in [0.25, 0.3) is 82.8 Å². The van der Waals surface area contributed by atoms with Gasteiger partial charge in [-0.2, -0.15) is 0 Å². The van der Waals surface area contributed by atoms with Crippen LogP contribution in [0.2, 0.25) is 0 Å². The van der Waals surface area contributed by atoms with E-state index in [1.807, 2.05) is 0 Å². The molecule has 7 aromatic carbocycles. The Balaban J connectivity index is 1.16. The average molecular weight is 642 g/mol. The number of hydrogen-bond acceptors (Lipinski definition) is 1. The summed E-state index contributed by atoms with van der Waals surface area (Å²) in [5.41, 5.74) is 18.5. The number of hydrogen-bond donors (Lipinski definition) is 0. The van der Waals surface area contributed by atoms with Gasteiger partial charge in [0.15, 0.2) is 0 Å². The van der Waals surface area contributed by atoms with Crippen LogP contribution < -0.4 is 0 Å². The van der Waals surface area contributed by atoms with Gasteiger partial charge in [0.25, 0.3) is 0 Å². The zero-order valence-electron chi connectivity index (χ0n) is 28.6. The first kappa shape index (κ1) is 28.0. The van der Waals surface area contributed by atoms with Gasteiger partial charge in [-0.3, -0.25) is 0 Å². The van der Waals surface area contributed by atoms with E-state index in [0.717, 1.165) is 11.2 Å². The van der Waals surface area contributed by atoms with Gasteiger partial charge in [-0.15, -0.1) is 0 Å². The molecule has 2 aliphatic carbocycles. The molecule has 0 saturated heterocycles. The highest BCUT2D eigenvalue weighted by Gasteiger charge is 2.38. The first-order valence-corrected chi connectivity index (χ1v) is 17.7. The molecule has 9 aromatic rings. The summed E-state index contributed by atoms with van der Waals surface area (Å²) < 4.78 is 9.07. The summed E-state index contributed by atoms with van der Waals surface area (Å²) in [7, 11) is 0. The lowest BCUT2D eigenvalue weighted by atomic mass is 9.82. The number of para-hydroxylation sites is 2. The highest BCUT2D eigenvalue weighted by molar-refractivity contribution is 6.14. The Morgan fingerprint density at radius 2 is 1.12 bits per heavy atom. The van der Waals surface area contributed by atoms with Crippen LogP contribution in [-0.2, 0) is 10.8 Å². The number of furan rings is 1. The summed E-state index contributed by atoms with van der Waals surface area (Å²) in [4.78, 5) is 0. The maximum absolute atomic E-state index is 6.62. The second kappa shape index (κ2) is 9.43. The molecule has 0 radical (unpaired) electrons. The zero-order chi connectivity index (χ0) is 33.5. The standard InChI is InChI=1S/C48H35NO/c1-47(2)39-21-18-28(25-37(39)45-40(47)22-20-33-32-15-9-11-17-44(32)50-46(33)45)29-19-23-42-35(24-29)36-26-34-31-14-8-10-16-38(31)48(3,4)41(34)27-43(36)49(42)30-12-6-5-7-13-30/h5-27H,1-4H3. The molecule has 0 saturated carbocycles. The van der Waals surface area contributed by atoms with Gasteiger partial charge < -0.3 is 8.98 Å². The van der Waals surface area contributed by atoms with E-state index in [1.165, 1.54) is 93.9 Å². The predicted octanol–water partition coefficient (Wildman–Crippen LogP) is 13.0. The van der Waals surface area contributed by atoms with Crippen LogP contribution >= 0.6 is 0 Å². The van der Waals surface area contributed by atoms with Gasteiger partial charge >= 0.3 is 0 Å². The fourth-order valence-electron chi connectivity index (χ4n) is 9.45. The SMILES string of the molecule is CC1(C)c2ccccc2-c2cc3c4cc(-c5ccc6c(c5)-c5c(ccc7c5oc5ccccc57)C6(C)C)ccc4n(-c4ccccc4)c3cc21. The molecular weight excluding hydrogens is 607 g/mol. The van der Waals surface area contributed by atoms with Gasteiger partial charge in [-0.05, 0) is 98.6 Å². The molecule has 0 spiro atoms. The van der Waals surface area contributed by atoms with Gasteiger partial charge in [0.05, 0.1) is 11.0 Å². The highest BCUT2D eigenvalue weighted by atomic mass is 16.3. The van der Waals surface area contributed by atoms with Crippen LogP contribution in [0.15, 0.2) is 144 Å². The Kier molecular flexibility index (Phi) is 5.28. The molecular formula is C48H35NO. The van der Waals surface area contributed by atoms with Crippen molar-refractivity contribution in [3.63, 3.8) is 0 Å². The molecule has 0 fully saturated rings. The second-order valence-corrected chi connectivity index (χ2v) is 15.3. The minimum Gasteiger partial charge on any atom is -0.455 e. The van der Waals surface area contributed by atoms with Crippen molar-refractivity contribution >= 4 is 43.7 Å². The molecule has 2 aromatic heterocycles. The van der Waals surface area contributed by atoms with E-state index >= 15 is 0 Å². The molecule has 0 atom stereocenters. The smallest absolute Gasteiger partial charge is 0.143 e. The van der Waals surface area contributed by atoms with Crippen LogP contribution in [0.4, 0.5) is 0 Å². The molecule has 2 heterocycles. The van der Waals surface area contributed by atoms with E-state index in [-0.39, 0.29) is 10.8 Å². The fraction of sp³-hybridized carbons (Fsp3) is 0.125. The predicted molar refractivity (Wildman–Crippen MR) is 209 cm³/mol. The maximum atomic E-state index is 6.62. The Bertz CT molecular complexity index is 2910. The van der Waals surface area contributed by atoms with Crippen molar-refractivity contribution in [3.8, 4) is 39.1 Å². The number of nitrogens with zero attached hydrogens (tertiary/aromatic N) is 1. The number of benzene rings is 7. The third kappa shape index (κ3) is 3.48. The van der Waals surface area contributed by atoms with Crippen molar-refractivity contribution in [2.24, 2.45) is 0 Å². The van der Waals surface area contributed by atoms with Gasteiger partial charge in [-0.25, -0.2) is 0 Å². The number of fused-ring (bicyclic) bond motifs is 13. The first-order chi connectivity index (χ1) is 24.3. The summed E-state index contributed by atoms with van der Waals surface area (Å²) in [5.74, 6) is 0. The van der Waals surface area contributed by atoms with E-state index in [9.17, 15) is 0 Å². The van der Waals surface area contributed by atoms with E-state index in [1.54, 1.807) is 0 Å². The molecule has 50 heavy (non-hydrogen) atoms. The maximum Gasteiger partial charge on any atom is 0.143 e. The molecule has 11 rings (SSSR count). The minimum atomic E-state index is -0.117. The second-order valence-electron chi connectivity index (χ2n) is 15.3. The van der Waals surface area contributed by atoms with E-state index in [2.05, 4.69) is 172 Å². The van der Waals surface area contributed by atoms with E-state index in [4.69, 9.17) is 4.42 Å². The largest absolute Gasteiger partial charge is 0.455 e. The van der Waals surface area contributed by atoms with Crippen molar-refractivity contribution in [2.45, 2.75) is 38.5 Å². The molecule has 2 nitrogen and oxygen atoms in total. The minimum absolute atomic E-state index is 0.0665. The molecule has 0 N–H and O–H groups in total. The van der Waals surface area contributed by atoms with Crippen LogP contribution in [-0.4, -0.2) is 4.57 Å². The molecule has 0 unspecified atom stereocenters. The normalized spacial score (nSPS) is 15.1. The lowest BCUT2D eigenvalue weighted by Crippen LogP contribution is -2.14. The summed E-state index contributed by atoms with van der Waals surface area (Å²) in [5, 5.41) is 4.91. The first-order valence-electron chi connectivity index (χ1n) is 17.7. The van der Waals surface area contributed by atoms with Crippen molar-refractivity contribution in [1.29, 1.82) is 0 Å². The molecule has 0 bridgehead atoms. The van der Waals surface area contributed by atoms with Gasteiger partial charge in [-0.1, -0.05) is 119 Å². The van der Waals surface area contributed by atoms with Gasteiger partial charge in [0, 0.05) is 43.6 Å². The van der Waals surface area contributed by atoms with E-state index in [0.29, 0.717) is 0 Å². The lowest BCUT2D eigenvalue weighted by Gasteiger charge is -2.21. The summed E-state index contributed by atoms with van der Waals surface area (Å²) in [6.45, 7) is 9.41. The van der Waals surface area contributed by atoms with Crippen molar-refractivity contribution in [1.82, 2.24) is 4.57 Å². The van der Waals surface area contributed by atoms with Crippen molar-refractivity contribution in [2.75, 3.05) is 0 Å². The van der Waals surface area contributed by atoms with Crippen LogP contribution in [0.1, 0.15) is 49.9 Å². The van der Waals surface area contributed by atoms with Gasteiger partial charge in [0.2, 0.25) is 0 Å². The summed E-state index contributed by atoms with van der Waals surface area (Å²) in [6, 6.07) is 51.8. The van der Waals surface area contributed by atoms with Crippen LogP contribution in [0.3, 0.4) is 0 Å². The Labute approximate surface area is 291 Å². The lowest BCUT2D eigenvalue weighted by molar-refractivity contribution is 0.653. The van der Waals surface area contributed by atoms with Crippen molar-refractivity contribution in [3.05, 3.63) is 162 Å². The van der Waals surface area contributed by atoms with Crippen molar-refractivity contribution < 1.29 is 4.42 Å². The molecule has 2 heteroatoms. The average Bonchev–Trinajstić information content (AvgIpc) is 3.81. The molecule has 2 aliphatic rings.